The lowest BCUT2D eigenvalue weighted by atomic mass is 10.2. The number of urea groups is 2. The molecule has 1 aliphatic heterocycles. The SMILES string of the molecule is CCN(Cc1ccccc1)C(=O)Nc1cccc(N2CCNC2=O)c1. The van der Waals surface area contributed by atoms with Crippen molar-refractivity contribution < 1.29 is 9.59 Å². The number of carbonyl (C=O) groups excluding carboxylic acids is 2. The number of nitrogens with zero attached hydrogens (tertiary/aromatic N) is 2. The Morgan fingerprint density at radius 1 is 1.20 bits per heavy atom. The zero-order valence-corrected chi connectivity index (χ0v) is 14.2. The molecule has 130 valence electrons. The van der Waals surface area contributed by atoms with Crippen LogP contribution in [0.5, 0.6) is 0 Å². The van der Waals surface area contributed by atoms with E-state index < -0.39 is 0 Å². The van der Waals surface area contributed by atoms with Crippen molar-refractivity contribution in [2.24, 2.45) is 0 Å². The minimum absolute atomic E-state index is 0.109. The molecule has 1 aliphatic rings. The van der Waals surface area contributed by atoms with Gasteiger partial charge in [-0.2, -0.15) is 0 Å². The lowest BCUT2D eigenvalue weighted by Crippen LogP contribution is -2.34. The summed E-state index contributed by atoms with van der Waals surface area (Å²) in [6.45, 7) is 4.38. The maximum absolute atomic E-state index is 12.6. The van der Waals surface area contributed by atoms with E-state index in [9.17, 15) is 9.59 Å². The molecule has 1 saturated heterocycles. The highest BCUT2D eigenvalue weighted by atomic mass is 16.2. The van der Waals surface area contributed by atoms with Crippen molar-refractivity contribution >= 4 is 23.4 Å². The lowest BCUT2D eigenvalue weighted by molar-refractivity contribution is 0.212. The molecule has 0 saturated carbocycles. The van der Waals surface area contributed by atoms with E-state index in [1.54, 1.807) is 9.80 Å². The van der Waals surface area contributed by atoms with Crippen LogP contribution in [0, 0.1) is 0 Å². The normalized spacial score (nSPS) is 13.5. The van der Waals surface area contributed by atoms with Crippen LogP contribution in [0.25, 0.3) is 0 Å². The van der Waals surface area contributed by atoms with Crippen LogP contribution in [0.15, 0.2) is 54.6 Å². The summed E-state index contributed by atoms with van der Waals surface area (Å²) in [5.74, 6) is 0. The molecule has 0 atom stereocenters. The number of nitrogens with one attached hydrogen (secondary N) is 2. The van der Waals surface area contributed by atoms with Crippen molar-refractivity contribution in [3.63, 3.8) is 0 Å². The van der Waals surface area contributed by atoms with Gasteiger partial charge in [-0.1, -0.05) is 36.4 Å². The first-order valence-corrected chi connectivity index (χ1v) is 8.42. The van der Waals surface area contributed by atoms with Crippen molar-refractivity contribution in [3.05, 3.63) is 60.2 Å². The highest BCUT2D eigenvalue weighted by molar-refractivity contribution is 5.95. The summed E-state index contributed by atoms with van der Waals surface area (Å²) in [4.78, 5) is 27.8. The minimum atomic E-state index is -0.158. The summed E-state index contributed by atoms with van der Waals surface area (Å²) < 4.78 is 0. The van der Waals surface area contributed by atoms with E-state index in [2.05, 4.69) is 10.6 Å². The molecule has 25 heavy (non-hydrogen) atoms. The summed E-state index contributed by atoms with van der Waals surface area (Å²) >= 11 is 0. The number of hydrogen-bond acceptors (Lipinski definition) is 2. The third-order valence-corrected chi connectivity index (χ3v) is 4.15. The van der Waals surface area contributed by atoms with E-state index in [1.165, 1.54) is 0 Å². The van der Waals surface area contributed by atoms with Crippen LogP contribution in [-0.2, 0) is 6.54 Å². The van der Waals surface area contributed by atoms with Crippen LogP contribution in [-0.4, -0.2) is 36.6 Å². The molecule has 6 nitrogen and oxygen atoms in total. The molecule has 0 aromatic heterocycles. The largest absolute Gasteiger partial charge is 0.336 e. The van der Waals surface area contributed by atoms with Gasteiger partial charge in [-0.25, -0.2) is 9.59 Å². The summed E-state index contributed by atoms with van der Waals surface area (Å²) in [6, 6.07) is 17.0. The Morgan fingerprint density at radius 2 is 2.00 bits per heavy atom. The van der Waals surface area contributed by atoms with Crippen LogP contribution in [0.4, 0.5) is 21.0 Å². The molecule has 0 unspecified atom stereocenters. The van der Waals surface area contributed by atoms with Crippen molar-refractivity contribution in [3.8, 4) is 0 Å². The van der Waals surface area contributed by atoms with Gasteiger partial charge in [-0.15, -0.1) is 0 Å². The zero-order valence-electron chi connectivity index (χ0n) is 14.2. The van der Waals surface area contributed by atoms with E-state index in [1.807, 2.05) is 61.5 Å². The minimum Gasteiger partial charge on any atom is -0.336 e. The summed E-state index contributed by atoms with van der Waals surface area (Å²) in [5.41, 5.74) is 2.54. The topological polar surface area (TPSA) is 64.7 Å². The van der Waals surface area contributed by atoms with Gasteiger partial charge >= 0.3 is 12.1 Å². The number of rotatable bonds is 5. The highest BCUT2D eigenvalue weighted by Crippen LogP contribution is 2.21. The molecule has 4 amide bonds. The van der Waals surface area contributed by atoms with Gasteiger partial charge in [0.05, 0.1) is 0 Å². The maximum Gasteiger partial charge on any atom is 0.322 e. The van der Waals surface area contributed by atoms with E-state index in [-0.39, 0.29) is 12.1 Å². The van der Waals surface area contributed by atoms with Crippen molar-refractivity contribution in [1.82, 2.24) is 10.2 Å². The van der Waals surface area contributed by atoms with E-state index >= 15 is 0 Å². The molecule has 0 radical (unpaired) electrons. The third kappa shape index (κ3) is 4.09. The van der Waals surface area contributed by atoms with Crippen LogP contribution in [0.3, 0.4) is 0 Å². The standard InChI is InChI=1S/C19H22N4O2/c1-2-22(14-15-7-4-3-5-8-15)19(25)21-16-9-6-10-17(13-16)23-12-11-20-18(23)24/h3-10,13H,2,11-12,14H2,1H3,(H,20,24)(H,21,25). The smallest absolute Gasteiger partial charge is 0.322 e. The molecule has 0 bridgehead atoms. The molecular weight excluding hydrogens is 316 g/mol. The van der Waals surface area contributed by atoms with Crippen molar-refractivity contribution in [2.45, 2.75) is 13.5 Å². The number of amides is 4. The number of anilines is 2. The van der Waals surface area contributed by atoms with E-state index in [4.69, 9.17) is 0 Å². The van der Waals surface area contributed by atoms with Crippen molar-refractivity contribution in [1.29, 1.82) is 0 Å². The van der Waals surface area contributed by atoms with Gasteiger partial charge in [0.15, 0.2) is 0 Å². The van der Waals surface area contributed by atoms with Crippen molar-refractivity contribution in [2.75, 3.05) is 29.9 Å². The van der Waals surface area contributed by atoms with Crippen LogP contribution in [0.2, 0.25) is 0 Å². The third-order valence-electron chi connectivity index (χ3n) is 4.15. The Bertz CT molecular complexity index is 748. The average Bonchev–Trinajstić information content (AvgIpc) is 3.06. The highest BCUT2D eigenvalue weighted by Gasteiger charge is 2.21. The average molecular weight is 338 g/mol. The molecular formula is C19H22N4O2. The van der Waals surface area contributed by atoms with Gasteiger partial charge in [0.1, 0.15) is 0 Å². The summed E-state index contributed by atoms with van der Waals surface area (Å²) in [5, 5.41) is 5.69. The molecule has 2 aromatic carbocycles. The molecule has 2 aromatic rings. The Hall–Kier alpha value is -3.02. The number of carbonyl (C=O) groups is 2. The van der Waals surface area contributed by atoms with E-state index in [0.29, 0.717) is 31.9 Å². The lowest BCUT2D eigenvalue weighted by Gasteiger charge is -2.22. The molecule has 6 heteroatoms. The Morgan fingerprint density at radius 3 is 2.68 bits per heavy atom. The molecule has 0 spiro atoms. The van der Waals surface area contributed by atoms with Gasteiger partial charge in [-0.3, -0.25) is 4.90 Å². The second-order valence-electron chi connectivity index (χ2n) is 5.86. The Labute approximate surface area is 147 Å². The van der Waals surface area contributed by atoms with Gasteiger partial charge in [0.25, 0.3) is 0 Å². The van der Waals surface area contributed by atoms with Gasteiger partial charge in [-0.05, 0) is 30.7 Å². The van der Waals surface area contributed by atoms with Crippen LogP contribution >= 0.6 is 0 Å². The Kier molecular flexibility index (Phi) is 5.18. The number of benzene rings is 2. The predicted molar refractivity (Wildman–Crippen MR) is 98.7 cm³/mol. The fraction of sp³-hybridized carbons (Fsp3) is 0.263. The molecule has 3 rings (SSSR count). The zero-order chi connectivity index (χ0) is 17.6. The predicted octanol–water partition coefficient (Wildman–Crippen LogP) is 3.27. The quantitative estimate of drug-likeness (QED) is 0.879. The molecule has 1 heterocycles. The maximum atomic E-state index is 12.6. The number of hydrogen-bond donors (Lipinski definition) is 2. The first kappa shape index (κ1) is 16.8. The summed E-state index contributed by atoms with van der Waals surface area (Å²) in [7, 11) is 0. The molecule has 2 N–H and O–H groups in total. The Balaban J connectivity index is 1.68. The first-order valence-electron chi connectivity index (χ1n) is 8.42. The van der Waals surface area contributed by atoms with Crippen LogP contribution in [0.1, 0.15) is 12.5 Å². The van der Waals surface area contributed by atoms with Gasteiger partial charge in [0.2, 0.25) is 0 Å². The van der Waals surface area contributed by atoms with E-state index in [0.717, 1.165) is 11.3 Å². The molecule has 1 fully saturated rings. The first-order chi connectivity index (χ1) is 12.2. The fourth-order valence-electron chi connectivity index (χ4n) is 2.80. The second kappa shape index (κ2) is 7.70. The monoisotopic (exact) mass is 338 g/mol. The van der Waals surface area contributed by atoms with Crippen LogP contribution < -0.4 is 15.5 Å². The summed E-state index contributed by atoms with van der Waals surface area (Å²) in [6.07, 6.45) is 0. The van der Waals surface area contributed by atoms with Gasteiger partial charge < -0.3 is 15.5 Å². The molecule has 0 aliphatic carbocycles. The second-order valence-corrected chi connectivity index (χ2v) is 5.86. The fourth-order valence-corrected chi connectivity index (χ4v) is 2.80. The van der Waals surface area contributed by atoms with Gasteiger partial charge in [0, 0.05) is 37.6 Å².